The van der Waals surface area contributed by atoms with Crippen molar-refractivity contribution in [2.45, 2.75) is 25.7 Å². The molecule has 0 atom stereocenters. The number of carbonyl (C=O) groups excluding carboxylic acids is 2. The molecule has 5 nitrogen and oxygen atoms in total. The van der Waals surface area contributed by atoms with Gasteiger partial charge in [0.2, 0.25) is 5.91 Å². The molecule has 1 aliphatic carbocycles. The van der Waals surface area contributed by atoms with Crippen LogP contribution >= 0.6 is 0 Å². The van der Waals surface area contributed by atoms with Crippen LogP contribution in [0.3, 0.4) is 0 Å². The number of amides is 1. The van der Waals surface area contributed by atoms with Crippen LogP contribution in [0.5, 0.6) is 0 Å². The van der Waals surface area contributed by atoms with Crippen LogP contribution in [-0.4, -0.2) is 29.8 Å². The topological polar surface area (TPSA) is 83.5 Å². The van der Waals surface area contributed by atoms with E-state index < -0.39 is 5.97 Å². The minimum absolute atomic E-state index is 0.0394. The molecular formula is C10H15NO4. The maximum atomic E-state index is 11.4. The Morgan fingerprint density at radius 3 is 2.20 bits per heavy atom. The number of carboxylic acids is 1. The third-order valence-electron chi connectivity index (χ3n) is 2.81. The standard InChI is InChI=1S/C10H15NO4/c12-6-5-11-9(13)7-1-3-8(4-2-7)10(14)15/h6-8H,1-5H2,(H,11,13)(H,14,15)/t7-,8-. The number of hydrogen-bond acceptors (Lipinski definition) is 3. The minimum Gasteiger partial charge on any atom is -0.481 e. The summed E-state index contributed by atoms with van der Waals surface area (Å²) in [6, 6.07) is 0. The average Bonchev–Trinajstić information content (AvgIpc) is 2.26. The number of nitrogens with one attached hydrogen (secondary N) is 1. The summed E-state index contributed by atoms with van der Waals surface area (Å²) in [7, 11) is 0. The Morgan fingerprint density at radius 2 is 1.73 bits per heavy atom. The summed E-state index contributed by atoms with van der Waals surface area (Å²) in [5, 5.41) is 11.2. The Hall–Kier alpha value is -1.39. The Kier molecular flexibility index (Phi) is 4.27. The van der Waals surface area contributed by atoms with Crippen molar-refractivity contribution in [1.82, 2.24) is 5.32 Å². The molecule has 84 valence electrons. The molecule has 0 aromatic heterocycles. The third kappa shape index (κ3) is 3.34. The molecule has 1 saturated carbocycles. The molecule has 0 radical (unpaired) electrons. The van der Waals surface area contributed by atoms with Crippen LogP contribution < -0.4 is 5.32 Å². The summed E-state index contributed by atoms with van der Waals surface area (Å²) in [6.07, 6.45) is 2.94. The monoisotopic (exact) mass is 213 g/mol. The number of hydrogen-bond donors (Lipinski definition) is 2. The molecule has 1 amide bonds. The van der Waals surface area contributed by atoms with Crippen molar-refractivity contribution < 1.29 is 19.5 Å². The van der Waals surface area contributed by atoms with E-state index in [1.54, 1.807) is 0 Å². The molecule has 0 aromatic rings. The fourth-order valence-electron chi connectivity index (χ4n) is 1.89. The lowest BCUT2D eigenvalue weighted by Gasteiger charge is -2.24. The van der Waals surface area contributed by atoms with Gasteiger partial charge in [0.05, 0.1) is 12.5 Å². The van der Waals surface area contributed by atoms with E-state index in [4.69, 9.17) is 5.11 Å². The summed E-state index contributed by atoms with van der Waals surface area (Å²) < 4.78 is 0. The van der Waals surface area contributed by atoms with E-state index in [1.165, 1.54) is 0 Å². The summed E-state index contributed by atoms with van der Waals surface area (Å²) in [5.74, 6) is -1.34. The van der Waals surface area contributed by atoms with Gasteiger partial charge in [-0.15, -0.1) is 0 Å². The molecule has 0 aromatic carbocycles. The lowest BCUT2D eigenvalue weighted by molar-refractivity contribution is -0.144. The van der Waals surface area contributed by atoms with Crippen LogP contribution in [-0.2, 0) is 14.4 Å². The van der Waals surface area contributed by atoms with E-state index in [1.807, 2.05) is 0 Å². The maximum Gasteiger partial charge on any atom is 0.306 e. The zero-order chi connectivity index (χ0) is 11.3. The number of aldehydes is 1. The highest BCUT2D eigenvalue weighted by Crippen LogP contribution is 2.28. The van der Waals surface area contributed by atoms with Gasteiger partial charge in [-0.25, -0.2) is 0 Å². The van der Waals surface area contributed by atoms with Gasteiger partial charge >= 0.3 is 5.97 Å². The van der Waals surface area contributed by atoms with Crippen LogP contribution in [0.2, 0.25) is 0 Å². The van der Waals surface area contributed by atoms with Crippen LogP contribution in [0.1, 0.15) is 25.7 Å². The van der Waals surface area contributed by atoms with Crippen LogP contribution in [0, 0.1) is 11.8 Å². The molecule has 0 bridgehead atoms. The van der Waals surface area contributed by atoms with Gasteiger partial charge in [0.15, 0.2) is 0 Å². The lowest BCUT2D eigenvalue weighted by Crippen LogP contribution is -2.35. The fourth-order valence-corrected chi connectivity index (χ4v) is 1.89. The van der Waals surface area contributed by atoms with Crippen LogP contribution in [0.25, 0.3) is 0 Å². The highest BCUT2D eigenvalue weighted by atomic mass is 16.4. The molecule has 1 rings (SSSR count). The fraction of sp³-hybridized carbons (Fsp3) is 0.700. The van der Waals surface area contributed by atoms with Gasteiger partial charge in [-0.3, -0.25) is 9.59 Å². The van der Waals surface area contributed by atoms with Crippen molar-refractivity contribution in [3.8, 4) is 0 Å². The molecule has 5 heteroatoms. The first-order chi connectivity index (χ1) is 7.15. The Labute approximate surface area is 87.8 Å². The van der Waals surface area contributed by atoms with Gasteiger partial charge in [-0.1, -0.05) is 0 Å². The second-order valence-electron chi connectivity index (χ2n) is 3.80. The molecular weight excluding hydrogens is 198 g/mol. The SMILES string of the molecule is O=CCNC(=O)[C@H]1CC[C@H](C(=O)O)CC1. The maximum absolute atomic E-state index is 11.4. The predicted molar refractivity (Wildman–Crippen MR) is 52.2 cm³/mol. The van der Waals surface area contributed by atoms with Gasteiger partial charge in [0.25, 0.3) is 0 Å². The molecule has 0 heterocycles. The van der Waals surface area contributed by atoms with Crippen LogP contribution in [0.4, 0.5) is 0 Å². The highest BCUT2D eigenvalue weighted by molar-refractivity contribution is 5.81. The van der Waals surface area contributed by atoms with Gasteiger partial charge in [-0.05, 0) is 25.7 Å². The third-order valence-corrected chi connectivity index (χ3v) is 2.81. The molecule has 1 aliphatic rings. The molecule has 0 saturated heterocycles. The zero-order valence-electron chi connectivity index (χ0n) is 8.44. The molecule has 0 unspecified atom stereocenters. The van der Waals surface area contributed by atoms with Gasteiger partial charge < -0.3 is 15.2 Å². The van der Waals surface area contributed by atoms with Crippen molar-refractivity contribution in [1.29, 1.82) is 0 Å². The normalized spacial score (nSPS) is 25.6. The van der Waals surface area contributed by atoms with E-state index >= 15 is 0 Å². The first kappa shape index (κ1) is 11.7. The van der Waals surface area contributed by atoms with Crippen molar-refractivity contribution in [3.63, 3.8) is 0 Å². The zero-order valence-corrected chi connectivity index (χ0v) is 8.44. The van der Waals surface area contributed by atoms with E-state index in [-0.39, 0.29) is 24.3 Å². The Morgan fingerprint density at radius 1 is 1.20 bits per heavy atom. The van der Waals surface area contributed by atoms with Crippen molar-refractivity contribution in [2.24, 2.45) is 11.8 Å². The first-order valence-electron chi connectivity index (χ1n) is 5.09. The average molecular weight is 213 g/mol. The number of carbonyl (C=O) groups is 3. The van der Waals surface area contributed by atoms with Crippen molar-refractivity contribution in [3.05, 3.63) is 0 Å². The first-order valence-corrected chi connectivity index (χ1v) is 5.09. The van der Waals surface area contributed by atoms with E-state index in [0.29, 0.717) is 32.0 Å². The van der Waals surface area contributed by atoms with E-state index in [0.717, 1.165) is 0 Å². The summed E-state index contributed by atoms with van der Waals surface area (Å²) in [5.41, 5.74) is 0. The summed E-state index contributed by atoms with van der Waals surface area (Å²) >= 11 is 0. The quantitative estimate of drug-likeness (QED) is 0.653. The van der Waals surface area contributed by atoms with E-state index in [2.05, 4.69) is 5.32 Å². The van der Waals surface area contributed by atoms with Gasteiger partial charge in [-0.2, -0.15) is 0 Å². The molecule has 0 aliphatic heterocycles. The van der Waals surface area contributed by atoms with Crippen molar-refractivity contribution >= 4 is 18.2 Å². The molecule has 2 N–H and O–H groups in total. The lowest BCUT2D eigenvalue weighted by atomic mass is 9.81. The Balaban J connectivity index is 2.33. The number of rotatable bonds is 4. The summed E-state index contributed by atoms with van der Waals surface area (Å²) in [4.78, 5) is 32.1. The van der Waals surface area contributed by atoms with Gasteiger partial charge in [0, 0.05) is 5.92 Å². The highest BCUT2D eigenvalue weighted by Gasteiger charge is 2.29. The number of aliphatic carboxylic acids is 1. The molecule has 0 spiro atoms. The predicted octanol–water partition coefficient (Wildman–Crippen LogP) is 0.192. The van der Waals surface area contributed by atoms with Crippen LogP contribution in [0.15, 0.2) is 0 Å². The van der Waals surface area contributed by atoms with Gasteiger partial charge in [0.1, 0.15) is 6.29 Å². The van der Waals surface area contributed by atoms with E-state index in [9.17, 15) is 14.4 Å². The smallest absolute Gasteiger partial charge is 0.306 e. The Bertz CT molecular complexity index is 256. The van der Waals surface area contributed by atoms with Crippen molar-refractivity contribution in [2.75, 3.05) is 6.54 Å². The number of carboxylic acid groups (broad SMARTS) is 1. The second-order valence-corrected chi connectivity index (χ2v) is 3.80. The molecule has 1 fully saturated rings. The largest absolute Gasteiger partial charge is 0.481 e. The minimum atomic E-state index is -0.776. The second kappa shape index (κ2) is 5.48. The summed E-state index contributed by atoms with van der Waals surface area (Å²) in [6.45, 7) is 0.0394. The molecule has 15 heavy (non-hydrogen) atoms.